The summed E-state index contributed by atoms with van der Waals surface area (Å²) in [4.78, 5) is 3.85. The standard InChI is InChI=1S/C13H9FN4/c1-9-4-11(14)3-2-10(9)7-18-8-17-12(5-15)13(18)6-16/h2-4,8H,7H2,1H3. The summed E-state index contributed by atoms with van der Waals surface area (Å²) in [5.41, 5.74) is 2.01. The molecule has 0 amide bonds. The van der Waals surface area contributed by atoms with Crippen LogP contribution in [0.5, 0.6) is 0 Å². The Morgan fingerprint density at radius 3 is 2.72 bits per heavy atom. The van der Waals surface area contributed by atoms with E-state index in [4.69, 9.17) is 10.5 Å². The van der Waals surface area contributed by atoms with Crippen molar-refractivity contribution in [2.45, 2.75) is 13.5 Å². The van der Waals surface area contributed by atoms with Gasteiger partial charge in [-0.3, -0.25) is 0 Å². The molecule has 1 aromatic carbocycles. The lowest BCUT2D eigenvalue weighted by molar-refractivity contribution is 0.624. The third kappa shape index (κ3) is 2.07. The fourth-order valence-electron chi connectivity index (χ4n) is 1.72. The van der Waals surface area contributed by atoms with E-state index in [0.29, 0.717) is 6.54 Å². The molecule has 2 rings (SSSR count). The van der Waals surface area contributed by atoms with Crippen molar-refractivity contribution in [3.8, 4) is 12.1 Å². The summed E-state index contributed by atoms with van der Waals surface area (Å²) < 4.78 is 14.6. The van der Waals surface area contributed by atoms with Gasteiger partial charge in [0.25, 0.3) is 0 Å². The van der Waals surface area contributed by atoms with Crippen molar-refractivity contribution in [1.82, 2.24) is 9.55 Å². The number of halogens is 1. The van der Waals surface area contributed by atoms with Crippen LogP contribution >= 0.6 is 0 Å². The van der Waals surface area contributed by atoms with Gasteiger partial charge in [0.05, 0.1) is 12.9 Å². The first-order valence-electron chi connectivity index (χ1n) is 5.26. The highest BCUT2D eigenvalue weighted by Crippen LogP contribution is 2.14. The predicted molar refractivity (Wildman–Crippen MR) is 61.9 cm³/mol. The molecule has 0 saturated heterocycles. The van der Waals surface area contributed by atoms with Crippen molar-refractivity contribution in [2.75, 3.05) is 0 Å². The van der Waals surface area contributed by atoms with Gasteiger partial charge in [-0.1, -0.05) is 6.07 Å². The molecule has 88 valence electrons. The molecule has 0 fully saturated rings. The highest BCUT2D eigenvalue weighted by atomic mass is 19.1. The molecule has 1 heterocycles. The first-order valence-corrected chi connectivity index (χ1v) is 5.26. The molecule has 0 N–H and O–H groups in total. The second kappa shape index (κ2) is 4.68. The molecule has 0 aliphatic rings. The summed E-state index contributed by atoms with van der Waals surface area (Å²) in [5, 5.41) is 17.8. The van der Waals surface area contributed by atoms with Crippen LogP contribution in [0.25, 0.3) is 0 Å². The molecular weight excluding hydrogens is 231 g/mol. The first-order chi connectivity index (χ1) is 8.65. The summed E-state index contributed by atoms with van der Waals surface area (Å²) in [6.45, 7) is 2.19. The Kier molecular flexibility index (Phi) is 3.07. The van der Waals surface area contributed by atoms with Crippen molar-refractivity contribution in [1.29, 1.82) is 10.5 Å². The van der Waals surface area contributed by atoms with E-state index in [2.05, 4.69) is 4.98 Å². The van der Waals surface area contributed by atoms with Crippen molar-refractivity contribution in [3.05, 3.63) is 52.9 Å². The Labute approximate surface area is 104 Å². The molecule has 0 unspecified atom stereocenters. The SMILES string of the molecule is Cc1cc(F)ccc1Cn1cnc(C#N)c1C#N. The van der Waals surface area contributed by atoms with E-state index in [9.17, 15) is 4.39 Å². The number of benzene rings is 1. The first kappa shape index (κ1) is 11.8. The molecule has 1 aromatic heterocycles. The molecular formula is C13H9FN4. The smallest absolute Gasteiger partial charge is 0.176 e. The zero-order valence-corrected chi connectivity index (χ0v) is 9.68. The number of rotatable bonds is 2. The van der Waals surface area contributed by atoms with Crippen LogP contribution in [0.4, 0.5) is 4.39 Å². The minimum absolute atomic E-state index is 0.109. The van der Waals surface area contributed by atoms with Gasteiger partial charge in [-0.05, 0) is 30.2 Å². The lowest BCUT2D eigenvalue weighted by atomic mass is 10.1. The lowest BCUT2D eigenvalue weighted by Gasteiger charge is -2.07. The van der Waals surface area contributed by atoms with Gasteiger partial charge in [0.15, 0.2) is 11.4 Å². The Morgan fingerprint density at radius 2 is 2.11 bits per heavy atom. The third-order valence-electron chi connectivity index (χ3n) is 2.69. The van der Waals surface area contributed by atoms with Crippen LogP contribution < -0.4 is 0 Å². The summed E-state index contributed by atoms with van der Waals surface area (Å²) >= 11 is 0. The van der Waals surface area contributed by atoms with E-state index < -0.39 is 0 Å². The second-order valence-electron chi connectivity index (χ2n) is 3.86. The average Bonchev–Trinajstić information content (AvgIpc) is 2.74. The van der Waals surface area contributed by atoms with Gasteiger partial charge in [0.2, 0.25) is 0 Å². The van der Waals surface area contributed by atoms with Gasteiger partial charge in [0.1, 0.15) is 18.0 Å². The van der Waals surface area contributed by atoms with E-state index in [1.165, 1.54) is 18.5 Å². The van der Waals surface area contributed by atoms with Crippen molar-refractivity contribution in [2.24, 2.45) is 0 Å². The minimum atomic E-state index is -0.292. The molecule has 0 aliphatic carbocycles. The van der Waals surface area contributed by atoms with E-state index in [-0.39, 0.29) is 17.2 Å². The van der Waals surface area contributed by atoms with Gasteiger partial charge in [-0.2, -0.15) is 10.5 Å². The van der Waals surface area contributed by atoms with Crippen molar-refractivity contribution >= 4 is 0 Å². The Hall–Kier alpha value is -2.66. The molecule has 4 nitrogen and oxygen atoms in total. The molecule has 18 heavy (non-hydrogen) atoms. The summed E-state index contributed by atoms with van der Waals surface area (Å²) in [6.07, 6.45) is 1.44. The number of nitrogens with zero attached hydrogens (tertiary/aromatic N) is 4. The normalized spacial score (nSPS) is 9.78. The number of imidazole rings is 1. The molecule has 0 atom stereocenters. The average molecular weight is 240 g/mol. The summed E-state index contributed by atoms with van der Waals surface area (Å²) in [6, 6.07) is 8.28. The Balaban J connectivity index is 2.38. The third-order valence-corrected chi connectivity index (χ3v) is 2.69. The Bertz CT molecular complexity index is 673. The van der Waals surface area contributed by atoms with Crippen LogP contribution in [-0.4, -0.2) is 9.55 Å². The highest BCUT2D eigenvalue weighted by molar-refractivity contribution is 5.37. The molecule has 2 aromatic rings. The molecule has 0 spiro atoms. The predicted octanol–water partition coefficient (Wildman–Crippen LogP) is 2.12. The monoisotopic (exact) mass is 240 g/mol. The number of aromatic nitrogens is 2. The molecule has 0 radical (unpaired) electrons. The topological polar surface area (TPSA) is 65.4 Å². The van der Waals surface area contributed by atoms with Crippen LogP contribution in [0.3, 0.4) is 0 Å². The summed E-state index contributed by atoms with van der Waals surface area (Å²) in [5.74, 6) is -0.292. The second-order valence-corrected chi connectivity index (χ2v) is 3.86. The van der Waals surface area contributed by atoms with Gasteiger partial charge in [-0.25, -0.2) is 9.37 Å². The van der Waals surface area contributed by atoms with E-state index in [1.807, 2.05) is 12.1 Å². The fraction of sp³-hybridized carbons (Fsp3) is 0.154. The van der Waals surface area contributed by atoms with Crippen LogP contribution in [0, 0.1) is 35.4 Å². The van der Waals surface area contributed by atoms with E-state index >= 15 is 0 Å². The lowest BCUT2D eigenvalue weighted by Crippen LogP contribution is -2.03. The van der Waals surface area contributed by atoms with Gasteiger partial charge < -0.3 is 4.57 Å². The highest BCUT2D eigenvalue weighted by Gasteiger charge is 2.11. The largest absolute Gasteiger partial charge is 0.317 e. The van der Waals surface area contributed by atoms with Gasteiger partial charge >= 0.3 is 0 Å². The van der Waals surface area contributed by atoms with Gasteiger partial charge in [-0.15, -0.1) is 0 Å². The molecule has 0 bridgehead atoms. The maximum atomic E-state index is 13.0. The summed E-state index contributed by atoms with van der Waals surface area (Å²) in [7, 11) is 0. The van der Waals surface area contributed by atoms with E-state index in [1.54, 1.807) is 17.6 Å². The van der Waals surface area contributed by atoms with Crippen LogP contribution in [-0.2, 0) is 6.54 Å². The van der Waals surface area contributed by atoms with Crippen LogP contribution in [0.1, 0.15) is 22.5 Å². The number of hydrogen-bond donors (Lipinski definition) is 0. The molecule has 5 heteroatoms. The maximum absolute atomic E-state index is 13.0. The van der Waals surface area contributed by atoms with Crippen LogP contribution in [0.15, 0.2) is 24.5 Å². The molecule has 0 saturated carbocycles. The zero-order chi connectivity index (χ0) is 13.1. The zero-order valence-electron chi connectivity index (χ0n) is 9.68. The van der Waals surface area contributed by atoms with Crippen LogP contribution in [0.2, 0.25) is 0 Å². The fourth-order valence-corrected chi connectivity index (χ4v) is 1.72. The van der Waals surface area contributed by atoms with E-state index in [0.717, 1.165) is 11.1 Å². The number of hydrogen-bond acceptors (Lipinski definition) is 3. The van der Waals surface area contributed by atoms with Gasteiger partial charge in [0, 0.05) is 0 Å². The quantitative estimate of drug-likeness (QED) is 0.807. The minimum Gasteiger partial charge on any atom is -0.317 e. The Morgan fingerprint density at radius 1 is 1.33 bits per heavy atom. The number of aryl methyl sites for hydroxylation is 1. The number of nitriles is 2. The van der Waals surface area contributed by atoms with Crippen molar-refractivity contribution < 1.29 is 4.39 Å². The maximum Gasteiger partial charge on any atom is 0.176 e. The molecule has 0 aliphatic heterocycles. The van der Waals surface area contributed by atoms with Crippen molar-refractivity contribution in [3.63, 3.8) is 0 Å².